The van der Waals surface area contributed by atoms with Crippen molar-refractivity contribution in [1.29, 1.82) is 5.26 Å². The molecule has 0 spiro atoms. The molecule has 4 nitrogen and oxygen atoms in total. The molecule has 0 saturated carbocycles. The Morgan fingerprint density at radius 2 is 2.38 bits per heavy atom. The van der Waals surface area contributed by atoms with Crippen LogP contribution in [-0.2, 0) is 16.0 Å². The average molecular weight is 222 g/mol. The van der Waals surface area contributed by atoms with Crippen molar-refractivity contribution < 1.29 is 13.9 Å². The maximum Gasteiger partial charge on any atom is 0.322 e. The highest BCUT2D eigenvalue weighted by Gasteiger charge is 2.17. The molecule has 1 aromatic rings. The van der Waals surface area contributed by atoms with Gasteiger partial charge in [0.15, 0.2) is 0 Å². The van der Waals surface area contributed by atoms with Gasteiger partial charge in [-0.05, 0) is 18.1 Å². The van der Waals surface area contributed by atoms with E-state index < -0.39 is 17.8 Å². The number of nitriles is 1. The van der Waals surface area contributed by atoms with Gasteiger partial charge in [0.2, 0.25) is 0 Å². The molecule has 0 amide bonds. The highest BCUT2D eigenvalue weighted by Crippen LogP contribution is 2.14. The van der Waals surface area contributed by atoms with E-state index in [0.29, 0.717) is 5.56 Å². The fraction of sp³-hybridized carbons (Fsp3) is 0.273. The molecule has 2 N–H and O–H groups in total. The number of benzene rings is 1. The van der Waals surface area contributed by atoms with Crippen LogP contribution in [0.1, 0.15) is 11.1 Å². The number of hydrogen-bond donors (Lipinski definition) is 1. The third kappa shape index (κ3) is 2.55. The molecule has 0 unspecified atom stereocenters. The van der Waals surface area contributed by atoms with Gasteiger partial charge in [-0.1, -0.05) is 12.1 Å². The molecule has 0 saturated heterocycles. The molecule has 0 fully saturated rings. The lowest BCUT2D eigenvalue weighted by atomic mass is 10.0. The molecule has 16 heavy (non-hydrogen) atoms. The van der Waals surface area contributed by atoms with Gasteiger partial charge in [-0.25, -0.2) is 4.39 Å². The van der Waals surface area contributed by atoms with Crippen LogP contribution in [0.5, 0.6) is 0 Å². The van der Waals surface area contributed by atoms with E-state index in [4.69, 9.17) is 11.0 Å². The Morgan fingerprint density at radius 1 is 1.69 bits per heavy atom. The van der Waals surface area contributed by atoms with E-state index in [2.05, 4.69) is 4.74 Å². The number of methoxy groups -OCH3 is 1. The SMILES string of the molecule is COC(=O)[C@H](N)Cc1cccc(F)c1C#N. The number of halogens is 1. The summed E-state index contributed by atoms with van der Waals surface area (Å²) in [5.74, 6) is -1.20. The van der Waals surface area contributed by atoms with Crippen LogP contribution < -0.4 is 5.73 Å². The molecule has 0 aliphatic heterocycles. The van der Waals surface area contributed by atoms with Crippen LogP contribution in [0.2, 0.25) is 0 Å². The van der Waals surface area contributed by atoms with E-state index in [1.54, 1.807) is 12.1 Å². The normalized spacial score (nSPS) is 11.6. The summed E-state index contributed by atoms with van der Waals surface area (Å²) in [7, 11) is 1.22. The quantitative estimate of drug-likeness (QED) is 0.765. The lowest BCUT2D eigenvalue weighted by Crippen LogP contribution is -2.33. The fourth-order valence-electron chi connectivity index (χ4n) is 1.34. The molecule has 1 aromatic carbocycles. The summed E-state index contributed by atoms with van der Waals surface area (Å²) in [4.78, 5) is 11.1. The Bertz CT molecular complexity index is 440. The van der Waals surface area contributed by atoms with Gasteiger partial charge in [0.25, 0.3) is 0 Å². The monoisotopic (exact) mass is 222 g/mol. The van der Waals surface area contributed by atoms with Crippen LogP contribution in [-0.4, -0.2) is 19.1 Å². The number of hydrogen-bond acceptors (Lipinski definition) is 4. The van der Waals surface area contributed by atoms with E-state index >= 15 is 0 Å². The van der Waals surface area contributed by atoms with Gasteiger partial charge in [0.1, 0.15) is 17.9 Å². The van der Waals surface area contributed by atoms with Crippen molar-refractivity contribution in [3.05, 3.63) is 35.1 Å². The minimum atomic E-state index is -0.890. The molecular weight excluding hydrogens is 211 g/mol. The molecule has 1 atom stereocenters. The number of ether oxygens (including phenoxy) is 1. The Balaban J connectivity index is 2.94. The molecule has 0 bridgehead atoms. The van der Waals surface area contributed by atoms with Crippen molar-refractivity contribution in [2.45, 2.75) is 12.5 Å². The summed E-state index contributed by atoms with van der Waals surface area (Å²) in [6.45, 7) is 0. The first-order chi connectivity index (χ1) is 7.60. The van der Waals surface area contributed by atoms with Gasteiger partial charge in [-0.3, -0.25) is 4.79 Å². The number of rotatable bonds is 3. The first-order valence-corrected chi connectivity index (χ1v) is 4.61. The van der Waals surface area contributed by atoms with E-state index in [1.165, 1.54) is 19.2 Å². The largest absolute Gasteiger partial charge is 0.468 e. The van der Waals surface area contributed by atoms with Gasteiger partial charge in [0.05, 0.1) is 12.7 Å². The summed E-state index contributed by atoms with van der Waals surface area (Å²) in [5.41, 5.74) is 5.85. The van der Waals surface area contributed by atoms with E-state index in [1.807, 2.05) is 0 Å². The zero-order chi connectivity index (χ0) is 12.1. The van der Waals surface area contributed by atoms with Crippen LogP contribution in [0.25, 0.3) is 0 Å². The van der Waals surface area contributed by atoms with Crippen molar-refractivity contribution in [3.63, 3.8) is 0 Å². The molecule has 0 aliphatic carbocycles. The van der Waals surface area contributed by atoms with Gasteiger partial charge < -0.3 is 10.5 Å². The fourth-order valence-corrected chi connectivity index (χ4v) is 1.34. The second kappa shape index (κ2) is 5.24. The smallest absolute Gasteiger partial charge is 0.322 e. The minimum Gasteiger partial charge on any atom is -0.468 e. The molecule has 0 aromatic heterocycles. The van der Waals surface area contributed by atoms with Crippen molar-refractivity contribution in [2.75, 3.05) is 7.11 Å². The summed E-state index contributed by atoms with van der Waals surface area (Å²) in [5, 5.41) is 8.76. The number of nitrogens with two attached hydrogens (primary N) is 1. The highest BCUT2D eigenvalue weighted by molar-refractivity contribution is 5.75. The predicted molar refractivity (Wildman–Crippen MR) is 54.8 cm³/mol. The minimum absolute atomic E-state index is 0.0767. The lowest BCUT2D eigenvalue weighted by Gasteiger charge is -2.10. The number of esters is 1. The molecule has 0 radical (unpaired) electrons. The third-order valence-corrected chi connectivity index (χ3v) is 2.16. The first-order valence-electron chi connectivity index (χ1n) is 4.61. The highest BCUT2D eigenvalue weighted by atomic mass is 19.1. The van der Waals surface area contributed by atoms with E-state index in [0.717, 1.165) is 0 Å². The number of nitrogens with zero attached hydrogens (tertiary/aromatic N) is 1. The third-order valence-electron chi connectivity index (χ3n) is 2.16. The van der Waals surface area contributed by atoms with Crippen molar-refractivity contribution in [1.82, 2.24) is 0 Å². The standard InChI is InChI=1S/C11H11FN2O2/c1-16-11(15)10(14)5-7-3-2-4-9(12)8(7)6-13/h2-4,10H,5,14H2,1H3/t10-/m1/s1. The lowest BCUT2D eigenvalue weighted by molar-refractivity contribution is -0.142. The zero-order valence-corrected chi connectivity index (χ0v) is 8.74. The maximum absolute atomic E-state index is 13.2. The van der Waals surface area contributed by atoms with Crippen LogP contribution in [0, 0.1) is 17.1 Å². The van der Waals surface area contributed by atoms with Crippen molar-refractivity contribution in [2.24, 2.45) is 5.73 Å². The Kier molecular flexibility index (Phi) is 3.97. The van der Waals surface area contributed by atoms with Gasteiger partial charge in [-0.2, -0.15) is 5.26 Å². The van der Waals surface area contributed by atoms with Crippen LogP contribution in [0.4, 0.5) is 4.39 Å². The molecule has 84 valence electrons. The summed E-state index contributed by atoms with van der Waals surface area (Å²) in [6, 6.07) is 5.07. The van der Waals surface area contributed by atoms with Gasteiger partial charge in [-0.15, -0.1) is 0 Å². The molecule has 0 heterocycles. The van der Waals surface area contributed by atoms with Crippen LogP contribution in [0.3, 0.4) is 0 Å². The molecule has 0 aliphatic rings. The Hall–Kier alpha value is -1.93. The van der Waals surface area contributed by atoms with Crippen LogP contribution >= 0.6 is 0 Å². The van der Waals surface area contributed by atoms with E-state index in [9.17, 15) is 9.18 Å². The molecule has 5 heteroatoms. The summed E-state index contributed by atoms with van der Waals surface area (Å²) >= 11 is 0. The Morgan fingerprint density at radius 3 is 2.94 bits per heavy atom. The molecule has 1 rings (SSSR count). The van der Waals surface area contributed by atoms with E-state index in [-0.39, 0.29) is 12.0 Å². The number of carbonyl (C=O) groups excluding carboxylic acids is 1. The van der Waals surface area contributed by atoms with Crippen LogP contribution in [0.15, 0.2) is 18.2 Å². The Labute approximate surface area is 92.4 Å². The van der Waals surface area contributed by atoms with Gasteiger partial charge in [0, 0.05) is 0 Å². The first kappa shape index (κ1) is 12.1. The second-order valence-corrected chi connectivity index (χ2v) is 3.22. The number of carbonyl (C=O) groups is 1. The molecular formula is C11H11FN2O2. The van der Waals surface area contributed by atoms with Gasteiger partial charge >= 0.3 is 5.97 Å². The van der Waals surface area contributed by atoms with Crippen molar-refractivity contribution >= 4 is 5.97 Å². The second-order valence-electron chi connectivity index (χ2n) is 3.22. The topological polar surface area (TPSA) is 76.1 Å². The summed E-state index contributed by atoms with van der Waals surface area (Å²) < 4.78 is 17.7. The summed E-state index contributed by atoms with van der Waals surface area (Å²) in [6.07, 6.45) is 0.0767. The predicted octanol–water partition coefficient (Wildman–Crippen LogP) is 0.740. The maximum atomic E-state index is 13.2. The van der Waals surface area contributed by atoms with Crippen molar-refractivity contribution in [3.8, 4) is 6.07 Å². The average Bonchev–Trinajstić information content (AvgIpc) is 2.28. The zero-order valence-electron chi connectivity index (χ0n) is 8.74.